The highest BCUT2D eigenvalue weighted by molar-refractivity contribution is 5.94. The van der Waals surface area contributed by atoms with Crippen molar-refractivity contribution < 1.29 is 14.3 Å². The molecule has 152 valence electrons. The van der Waals surface area contributed by atoms with Crippen LogP contribution in [0.2, 0.25) is 0 Å². The van der Waals surface area contributed by atoms with E-state index in [9.17, 15) is 4.79 Å². The second-order valence-electron chi connectivity index (χ2n) is 6.61. The Hall–Kier alpha value is -2.56. The van der Waals surface area contributed by atoms with E-state index < -0.39 is 0 Å². The molecule has 7 nitrogen and oxygen atoms in total. The lowest BCUT2D eigenvalue weighted by Crippen LogP contribution is -2.40. The van der Waals surface area contributed by atoms with Crippen LogP contribution >= 0.6 is 0 Å². The summed E-state index contributed by atoms with van der Waals surface area (Å²) in [5.74, 6) is 3.60. The van der Waals surface area contributed by atoms with Gasteiger partial charge in [0, 0.05) is 43.9 Å². The minimum absolute atomic E-state index is 0.0497. The number of hydrogen-bond acceptors (Lipinski definition) is 4. The molecule has 1 aromatic carbocycles. The van der Waals surface area contributed by atoms with Gasteiger partial charge in [0.15, 0.2) is 5.96 Å². The molecule has 2 N–H and O–H groups in total. The highest BCUT2D eigenvalue weighted by Gasteiger charge is 2.25. The minimum atomic E-state index is -0.178. The first-order chi connectivity index (χ1) is 13.7. The summed E-state index contributed by atoms with van der Waals surface area (Å²) in [6.07, 6.45) is 6.44. The van der Waals surface area contributed by atoms with Crippen LogP contribution in [-0.2, 0) is 14.3 Å². The van der Waals surface area contributed by atoms with Crippen LogP contribution in [0.3, 0.4) is 0 Å². The molecular formula is C21H30N4O3. The van der Waals surface area contributed by atoms with Crippen molar-refractivity contribution in [3.63, 3.8) is 0 Å². The smallest absolute Gasteiger partial charge is 0.246 e. The number of benzene rings is 1. The Labute approximate surface area is 167 Å². The normalized spacial score (nSPS) is 16.7. The molecule has 0 spiro atoms. The largest absolute Gasteiger partial charge is 0.382 e. The number of ether oxygens (including phenoxy) is 2. The quantitative estimate of drug-likeness (QED) is 0.292. The van der Waals surface area contributed by atoms with Crippen molar-refractivity contribution in [3.05, 3.63) is 29.8 Å². The van der Waals surface area contributed by atoms with E-state index >= 15 is 0 Å². The SMILES string of the molecule is C#Cc1cccc(NC(=O)CN=C(NCC)N2CCC(COCCOC)C2)c1. The highest BCUT2D eigenvalue weighted by atomic mass is 16.5. The number of likely N-dealkylation sites (tertiary alicyclic amines) is 1. The van der Waals surface area contributed by atoms with Crippen LogP contribution in [0.25, 0.3) is 0 Å². The molecule has 0 aliphatic carbocycles. The number of carbonyl (C=O) groups excluding carboxylic acids is 1. The number of hydrogen-bond donors (Lipinski definition) is 2. The van der Waals surface area contributed by atoms with Gasteiger partial charge in [-0.15, -0.1) is 6.42 Å². The summed E-state index contributed by atoms with van der Waals surface area (Å²) in [6.45, 7) is 6.51. The highest BCUT2D eigenvalue weighted by Crippen LogP contribution is 2.16. The standard InChI is InChI=1S/C21H30N4O3/c1-4-17-7-6-8-19(13-17)24-20(26)14-23-21(22-5-2)25-10-9-18(15-25)16-28-12-11-27-3/h1,6-8,13,18H,5,9-12,14-16H2,2-3H3,(H,22,23)(H,24,26). The number of rotatable bonds is 9. The topological polar surface area (TPSA) is 75.2 Å². The summed E-state index contributed by atoms with van der Waals surface area (Å²) >= 11 is 0. The summed E-state index contributed by atoms with van der Waals surface area (Å²) in [4.78, 5) is 18.9. The third kappa shape index (κ3) is 7.22. The maximum absolute atomic E-state index is 12.3. The first-order valence-corrected chi connectivity index (χ1v) is 9.62. The lowest BCUT2D eigenvalue weighted by Gasteiger charge is -2.21. The van der Waals surface area contributed by atoms with E-state index in [4.69, 9.17) is 15.9 Å². The van der Waals surface area contributed by atoms with E-state index in [0.29, 0.717) is 31.4 Å². The fraction of sp³-hybridized carbons (Fsp3) is 0.524. The van der Waals surface area contributed by atoms with E-state index in [1.54, 1.807) is 13.2 Å². The molecule has 0 saturated carbocycles. The Morgan fingerprint density at radius 2 is 2.29 bits per heavy atom. The van der Waals surface area contributed by atoms with Crippen LogP contribution in [0, 0.1) is 18.3 Å². The van der Waals surface area contributed by atoms with Crippen molar-refractivity contribution >= 4 is 17.6 Å². The van der Waals surface area contributed by atoms with Crippen LogP contribution in [0.4, 0.5) is 5.69 Å². The molecule has 0 bridgehead atoms. The molecule has 1 saturated heterocycles. The van der Waals surface area contributed by atoms with Crippen molar-refractivity contribution in [1.82, 2.24) is 10.2 Å². The number of aliphatic imine (C=N–C) groups is 1. The number of guanidine groups is 1. The van der Waals surface area contributed by atoms with Gasteiger partial charge in [-0.3, -0.25) is 4.79 Å². The molecule has 1 atom stereocenters. The van der Waals surface area contributed by atoms with E-state index in [2.05, 4.69) is 26.4 Å². The van der Waals surface area contributed by atoms with Gasteiger partial charge in [0.1, 0.15) is 6.54 Å². The molecule has 0 aromatic heterocycles. The lowest BCUT2D eigenvalue weighted by atomic mass is 10.1. The zero-order valence-electron chi connectivity index (χ0n) is 16.7. The van der Waals surface area contributed by atoms with Crippen molar-refractivity contribution in [1.29, 1.82) is 0 Å². The number of terminal acetylenes is 1. The predicted molar refractivity (Wildman–Crippen MR) is 111 cm³/mol. The van der Waals surface area contributed by atoms with Gasteiger partial charge in [-0.05, 0) is 31.5 Å². The third-order valence-corrected chi connectivity index (χ3v) is 4.39. The molecule has 28 heavy (non-hydrogen) atoms. The van der Waals surface area contributed by atoms with Gasteiger partial charge in [-0.1, -0.05) is 12.0 Å². The molecule has 7 heteroatoms. The lowest BCUT2D eigenvalue weighted by molar-refractivity contribution is -0.114. The average molecular weight is 386 g/mol. The van der Waals surface area contributed by atoms with Gasteiger partial charge in [0.05, 0.1) is 19.8 Å². The third-order valence-electron chi connectivity index (χ3n) is 4.39. The predicted octanol–water partition coefficient (Wildman–Crippen LogP) is 1.56. The fourth-order valence-corrected chi connectivity index (χ4v) is 3.01. The number of nitrogens with one attached hydrogen (secondary N) is 2. The Balaban J connectivity index is 1.86. The molecule has 2 rings (SSSR count). The van der Waals surface area contributed by atoms with Crippen LogP contribution < -0.4 is 10.6 Å². The van der Waals surface area contributed by atoms with E-state index in [1.807, 2.05) is 25.1 Å². The molecule has 1 aliphatic rings. The minimum Gasteiger partial charge on any atom is -0.382 e. The molecule has 1 unspecified atom stereocenters. The maximum Gasteiger partial charge on any atom is 0.246 e. The average Bonchev–Trinajstić information content (AvgIpc) is 3.17. The summed E-state index contributed by atoms with van der Waals surface area (Å²) in [5, 5.41) is 6.10. The number of methoxy groups -OCH3 is 1. The number of amides is 1. The van der Waals surface area contributed by atoms with Crippen LogP contribution in [-0.4, -0.2) is 69.9 Å². The van der Waals surface area contributed by atoms with Gasteiger partial charge < -0.3 is 25.0 Å². The number of nitrogens with zero attached hydrogens (tertiary/aromatic N) is 2. The fourth-order valence-electron chi connectivity index (χ4n) is 3.01. The van der Waals surface area contributed by atoms with E-state index in [1.165, 1.54) is 0 Å². The number of anilines is 1. The molecular weight excluding hydrogens is 356 g/mol. The van der Waals surface area contributed by atoms with Crippen molar-refractivity contribution in [2.75, 3.05) is 58.4 Å². The van der Waals surface area contributed by atoms with E-state index in [0.717, 1.165) is 37.6 Å². The molecule has 0 radical (unpaired) electrons. The molecule has 1 aromatic rings. The molecule has 1 aliphatic heterocycles. The Kier molecular flexibility index (Phi) is 9.32. The monoisotopic (exact) mass is 386 g/mol. The summed E-state index contributed by atoms with van der Waals surface area (Å²) < 4.78 is 10.6. The van der Waals surface area contributed by atoms with Crippen molar-refractivity contribution in [2.24, 2.45) is 10.9 Å². The second kappa shape index (κ2) is 12.0. The van der Waals surface area contributed by atoms with Crippen LogP contribution in [0.5, 0.6) is 0 Å². The Morgan fingerprint density at radius 3 is 3.04 bits per heavy atom. The zero-order chi connectivity index (χ0) is 20.2. The van der Waals surface area contributed by atoms with Crippen LogP contribution in [0.15, 0.2) is 29.3 Å². The van der Waals surface area contributed by atoms with Gasteiger partial charge >= 0.3 is 0 Å². The first-order valence-electron chi connectivity index (χ1n) is 9.62. The van der Waals surface area contributed by atoms with Gasteiger partial charge in [-0.2, -0.15) is 0 Å². The second-order valence-corrected chi connectivity index (χ2v) is 6.61. The Morgan fingerprint density at radius 1 is 1.43 bits per heavy atom. The van der Waals surface area contributed by atoms with Gasteiger partial charge in [-0.25, -0.2) is 4.99 Å². The first kappa shape index (κ1) is 21.7. The van der Waals surface area contributed by atoms with Gasteiger partial charge in [0.25, 0.3) is 0 Å². The molecule has 1 amide bonds. The van der Waals surface area contributed by atoms with Crippen molar-refractivity contribution in [2.45, 2.75) is 13.3 Å². The molecule has 1 heterocycles. The zero-order valence-corrected chi connectivity index (χ0v) is 16.7. The summed E-state index contributed by atoms with van der Waals surface area (Å²) in [5.41, 5.74) is 1.40. The molecule has 1 fully saturated rings. The summed E-state index contributed by atoms with van der Waals surface area (Å²) in [7, 11) is 1.67. The van der Waals surface area contributed by atoms with Gasteiger partial charge in [0.2, 0.25) is 5.91 Å². The summed E-state index contributed by atoms with van der Waals surface area (Å²) in [6, 6.07) is 7.21. The Bertz CT molecular complexity index is 699. The number of carbonyl (C=O) groups is 1. The maximum atomic E-state index is 12.3. The van der Waals surface area contributed by atoms with E-state index in [-0.39, 0.29) is 12.5 Å². The van der Waals surface area contributed by atoms with Crippen molar-refractivity contribution in [3.8, 4) is 12.3 Å². The van der Waals surface area contributed by atoms with Crippen LogP contribution in [0.1, 0.15) is 18.9 Å².